The van der Waals surface area contributed by atoms with Crippen molar-refractivity contribution in [1.82, 2.24) is 0 Å². The maximum absolute atomic E-state index is 11.9. The first-order chi connectivity index (χ1) is 7.36. The summed E-state index contributed by atoms with van der Waals surface area (Å²) in [6.45, 7) is 0. The Hall–Kier alpha value is -0.630. The first-order valence-corrected chi connectivity index (χ1v) is 6.81. The summed E-state index contributed by atoms with van der Waals surface area (Å²) >= 11 is 1.58. The fraction of sp³-hybridized carbons (Fsp3) is 0.615. The molecule has 2 rings (SSSR count). The molecular weight excluding hydrogens is 204 g/mol. The molecule has 0 N–H and O–H groups in total. The molecule has 0 spiro atoms. The molecule has 1 aromatic rings. The minimum Gasteiger partial charge on any atom is -0.293 e. The Kier molecular flexibility index (Phi) is 3.95. The van der Waals surface area contributed by atoms with Crippen LogP contribution in [0.15, 0.2) is 17.5 Å². The van der Waals surface area contributed by atoms with Crippen LogP contribution in [-0.4, -0.2) is 5.78 Å². The number of hydrogen-bond acceptors (Lipinski definition) is 2. The largest absolute Gasteiger partial charge is 0.293 e. The Bertz CT molecular complexity index is 294. The molecule has 1 aliphatic rings. The number of hydrogen-bond donors (Lipinski definition) is 0. The molecule has 0 unspecified atom stereocenters. The van der Waals surface area contributed by atoms with E-state index in [1.165, 1.54) is 38.5 Å². The van der Waals surface area contributed by atoms with E-state index < -0.39 is 0 Å². The summed E-state index contributed by atoms with van der Waals surface area (Å²) in [6, 6.07) is 3.91. The summed E-state index contributed by atoms with van der Waals surface area (Å²) in [6.07, 6.45) is 8.67. The number of carbonyl (C=O) groups is 1. The van der Waals surface area contributed by atoms with Gasteiger partial charge < -0.3 is 0 Å². The molecule has 82 valence electrons. The van der Waals surface area contributed by atoms with Gasteiger partial charge in [-0.1, -0.05) is 44.6 Å². The summed E-state index contributed by atoms with van der Waals surface area (Å²) in [7, 11) is 0. The topological polar surface area (TPSA) is 17.1 Å². The third-order valence-electron chi connectivity index (χ3n) is 3.24. The zero-order valence-corrected chi connectivity index (χ0v) is 9.89. The molecular formula is C13H18OS. The predicted octanol–water partition coefficient (Wildman–Crippen LogP) is 4.29. The lowest BCUT2D eigenvalue weighted by atomic mass is 9.94. The van der Waals surface area contributed by atoms with Crippen molar-refractivity contribution in [2.45, 2.75) is 44.9 Å². The highest BCUT2D eigenvalue weighted by Gasteiger charge is 2.17. The average molecular weight is 222 g/mol. The Labute approximate surface area is 95.5 Å². The Morgan fingerprint density at radius 1 is 1.27 bits per heavy atom. The van der Waals surface area contributed by atoms with Gasteiger partial charge in [-0.05, 0) is 17.4 Å². The monoisotopic (exact) mass is 222 g/mol. The van der Waals surface area contributed by atoms with Crippen LogP contribution in [0.1, 0.15) is 54.6 Å². The van der Waals surface area contributed by atoms with Gasteiger partial charge in [0.15, 0.2) is 5.78 Å². The summed E-state index contributed by atoms with van der Waals surface area (Å²) in [4.78, 5) is 12.8. The molecule has 0 aromatic carbocycles. The van der Waals surface area contributed by atoms with Crippen molar-refractivity contribution in [2.75, 3.05) is 0 Å². The van der Waals surface area contributed by atoms with E-state index >= 15 is 0 Å². The molecule has 1 fully saturated rings. The van der Waals surface area contributed by atoms with Crippen LogP contribution in [0.5, 0.6) is 0 Å². The maximum atomic E-state index is 11.9. The molecule has 1 aliphatic carbocycles. The Morgan fingerprint density at radius 3 is 2.60 bits per heavy atom. The lowest BCUT2D eigenvalue weighted by Crippen LogP contribution is -2.07. The van der Waals surface area contributed by atoms with Crippen LogP contribution < -0.4 is 0 Å². The normalized spacial score (nSPS) is 18.7. The van der Waals surface area contributed by atoms with E-state index in [9.17, 15) is 4.79 Å². The quantitative estimate of drug-likeness (QED) is 0.550. The number of carbonyl (C=O) groups excluding carboxylic acids is 1. The molecule has 0 amide bonds. The van der Waals surface area contributed by atoms with Crippen LogP contribution in [0.25, 0.3) is 0 Å². The van der Waals surface area contributed by atoms with Crippen LogP contribution in [0.3, 0.4) is 0 Å². The van der Waals surface area contributed by atoms with Crippen molar-refractivity contribution in [2.24, 2.45) is 5.92 Å². The summed E-state index contributed by atoms with van der Waals surface area (Å²) in [5, 5.41) is 1.99. The molecule has 1 aromatic heterocycles. The minimum atomic E-state index is 0.358. The van der Waals surface area contributed by atoms with E-state index in [0.29, 0.717) is 11.7 Å². The molecule has 0 aliphatic heterocycles. The lowest BCUT2D eigenvalue weighted by molar-refractivity contribution is 0.0961. The molecule has 1 saturated carbocycles. The summed E-state index contributed by atoms with van der Waals surface area (Å²) < 4.78 is 0. The Balaban J connectivity index is 1.87. The fourth-order valence-corrected chi connectivity index (χ4v) is 3.04. The van der Waals surface area contributed by atoms with Crippen LogP contribution in [-0.2, 0) is 0 Å². The highest BCUT2D eigenvalue weighted by molar-refractivity contribution is 7.12. The number of ketones is 1. The molecule has 1 heterocycles. The first kappa shape index (κ1) is 10.9. The van der Waals surface area contributed by atoms with Crippen molar-refractivity contribution >= 4 is 17.1 Å². The van der Waals surface area contributed by atoms with Gasteiger partial charge in [0.05, 0.1) is 4.88 Å². The van der Waals surface area contributed by atoms with Gasteiger partial charge in [0, 0.05) is 6.42 Å². The van der Waals surface area contributed by atoms with Crippen LogP contribution in [0.4, 0.5) is 0 Å². The van der Waals surface area contributed by atoms with E-state index in [2.05, 4.69) is 0 Å². The smallest absolute Gasteiger partial charge is 0.173 e. The number of thiophene rings is 1. The van der Waals surface area contributed by atoms with E-state index in [0.717, 1.165) is 11.3 Å². The highest BCUT2D eigenvalue weighted by atomic mass is 32.1. The molecule has 1 nitrogen and oxygen atoms in total. The van der Waals surface area contributed by atoms with Gasteiger partial charge in [0.2, 0.25) is 0 Å². The fourth-order valence-electron chi connectivity index (χ4n) is 2.37. The third kappa shape index (κ3) is 3.16. The van der Waals surface area contributed by atoms with Crippen LogP contribution in [0, 0.1) is 5.92 Å². The van der Waals surface area contributed by atoms with Crippen molar-refractivity contribution < 1.29 is 4.79 Å². The highest BCUT2D eigenvalue weighted by Crippen LogP contribution is 2.27. The number of Topliss-reactive ketones (excluding diaryl/α,β-unsaturated/α-hetero) is 1. The maximum Gasteiger partial charge on any atom is 0.173 e. The van der Waals surface area contributed by atoms with Gasteiger partial charge in [-0.2, -0.15) is 0 Å². The zero-order chi connectivity index (χ0) is 10.5. The zero-order valence-electron chi connectivity index (χ0n) is 9.08. The van der Waals surface area contributed by atoms with Gasteiger partial charge in [-0.25, -0.2) is 0 Å². The van der Waals surface area contributed by atoms with Crippen molar-refractivity contribution in [1.29, 1.82) is 0 Å². The molecule has 0 radical (unpaired) electrons. The van der Waals surface area contributed by atoms with Crippen LogP contribution >= 0.6 is 11.3 Å². The van der Waals surface area contributed by atoms with E-state index in [1.54, 1.807) is 11.3 Å². The van der Waals surface area contributed by atoms with Crippen molar-refractivity contribution in [3.8, 4) is 0 Å². The van der Waals surface area contributed by atoms with Gasteiger partial charge in [0.1, 0.15) is 0 Å². The predicted molar refractivity (Wildman–Crippen MR) is 64.5 cm³/mol. The number of rotatable bonds is 3. The molecule has 0 bridgehead atoms. The van der Waals surface area contributed by atoms with Gasteiger partial charge in [-0.3, -0.25) is 4.79 Å². The summed E-state index contributed by atoms with van der Waals surface area (Å²) in [5.74, 6) is 1.01. The van der Waals surface area contributed by atoms with E-state index in [1.807, 2.05) is 17.5 Å². The average Bonchev–Trinajstić information content (AvgIpc) is 2.65. The van der Waals surface area contributed by atoms with Crippen LogP contribution in [0.2, 0.25) is 0 Å². The molecule has 0 atom stereocenters. The van der Waals surface area contributed by atoms with Crippen molar-refractivity contribution in [3.05, 3.63) is 22.4 Å². The van der Waals surface area contributed by atoms with Gasteiger partial charge in [0.25, 0.3) is 0 Å². The second kappa shape index (κ2) is 5.45. The molecule has 2 heteroatoms. The second-order valence-corrected chi connectivity index (χ2v) is 5.41. The SMILES string of the molecule is O=C(CC1CCCCCC1)c1cccs1. The first-order valence-electron chi connectivity index (χ1n) is 5.93. The third-order valence-corrected chi connectivity index (χ3v) is 4.16. The minimum absolute atomic E-state index is 0.358. The molecule has 0 saturated heterocycles. The van der Waals surface area contributed by atoms with E-state index in [4.69, 9.17) is 0 Å². The van der Waals surface area contributed by atoms with Crippen molar-refractivity contribution in [3.63, 3.8) is 0 Å². The summed E-state index contributed by atoms with van der Waals surface area (Å²) in [5.41, 5.74) is 0. The molecule has 15 heavy (non-hydrogen) atoms. The Morgan fingerprint density at radius 2 is 2.00 bits per heavy atom. The second-order valence-electron chi connectivity index (χ2n) is 4.46. The van der Waals surface area contributed by atoms with Gasteiger partial charge >= 0.3 is 0 Å². The van der Waals surface area contributed by atoms with E-state index in [-0.39, 0.29) is 0 Å². The standard InChI is InChI=1S/C13H18OS/c14-12(13-8-5-9-15-13)10-11-6-3-1-2-4-7-11/h5,8-9,11H,1-4,6-7,10H2. The van der Waals surface area contributed by atoms with Gasteiger partial charge in [-0.15, -0.1) is 11.3 Å². The lowest BCUT2D eigenvalue weighted by Gasteiger charge is -2.11.